The molecule has 4 nitrogen and oxygen atoms in total. The van der Waals surface area contributed by atoms with Gasteiger partial charge in [0, 0.05) is 29.8 Å². The third-order valence-corrected chi connectivity index (χ3v) is 2.67. The van der Waals surface area contributed by atoms with Crippen LogP contribution in [-0.4, -0.2) is 4.92 Å². The first-order chi connectivity index (χ1) is 8.16. The van der Waals surface area contributed by atoms with E-state index in [1.807, 2.05) is 42.1 Å². The monoisotopic (exact) mass is 229 g/mol. The van der Waals surface area contributed by atoms with Crippen molar-refractivity contribution in [2.24, 2.45) is 0 Å². The lowest BCUT2D eigenvalue weighted by molar-refractivity contribution is -0.688. The lowest BCUT2D eigenvalue weighted by atomic mass is 10.1. The normalized spacial score (nSPS) is 10.2. The van der Waals surface area contributed by atoms with Gasteiger partial charge in [-0.25, -0.2) is 4.57 Å². The van der Waals surface area contributed by atoms with Gasteiger partial charge < -0.3 is 0 Å². The van der Waals surface area contributed by atoms with Crippen LogP contribution in [-0.2, 0) is 6.54 Å². The molecular weight excluding hydrogens is 216 g/mol. The van der Waals surface area contributed by atoms with Gasteiger partial charge in [-0.2, -0.15) is 0 Å². The van der Waals surface area contributed by atoms with E-state index < -0.39 is 0 Å². The minimum Gasteiger partial charge on any atom is -0.258 e. The summed E-state index contributed by atoms with van der Waals surface area (Å²) in [6.07, 6.45) is 3.89. The fraction of sp³-hybridized carbons (Fsp3) is 0.154. The SMILES string of the molecule is Cc1ccc([N+](=O)[O-])cc1C[n+]1ccccc1. The third kappa shape index (κ3) is 2.66. The molecule has 0 radical (unpaired) electrons. The number of pyridine rings is 1. The molecular formula is C13H13N2O2+. The zero-order valence-corrected chi connectivity index (χ0v) is 9.54. The van der Waals surface area contributed by atoms with Crippen molar-refractivity contribution in [1.82, 2.24) is 0 Å². The number of non-ortho nitro benzene ring substituents is 1. The molecule has 1 aromatic heterocycles. The lowest BCUT2D eigenvalue weighted by Gasteiger charge is -2.02. The molecule has 0 N–H and O–H groups in total. The standard InChI is InChI=1S/C13H13N2O2/c1-11-5-6-13(15(16)17)9-12(11)10-14-7-3-2-4-8-14/h2-9H,10H2,1H3/q+1. The summed E-state index contributed by atoms with van der Waals surface area (Å²) in [5, 5.41) is 10.7. The van der Waals surface area contributed by atoms with Crippen molar-refractivity contribution >= 4 is 5.69 Å². The zero-order valence-electron chi connectivity index (χ0n) is 9.54. The van der Waals surface area contributed by atoms with E-state index in [1.165, 1.54) is 6.07 Å². The van der Waals surface area contributed by atoms with Crippen LogP contribution in [0.2, 0.25) is 0 Å². The maximum absolute atomic E-state index is 10.7. The van der Waals surface area contributed by atoms with E-state index in [0.717, 1.165) is 11.1 Å². The Kier molecular flexibility index (Phi) is 3.14. The summed E-state index contributed by atoms with van der Waals surface area (Å²) in [5.74, 6) is 0. The molecule has 1 heterocycles. The van der Waals surface area contributed by atoms with Gasteiger partial charge >= 0.3 is 0 Å². The Morgan fingerprint density at radius 3 is 2.59 bits per heavy atom. The van der Waals surface area contributed by atoms with E-state index in [0.29, 0.717) is 6.54 Å². The molecule has 0 saturated carbocycles. The van der Waals surface area contributed by atoms with Gasteiger partial charge in [-0.05, 0) is 12.5 Å². The van der Waals surface area contributed by atoms with Crippen molar-refractivity contribution in [3.8, 4) is 0 Å². The van der Waals surface area contributed by atoms with Gasteiger partial charge in [-0.1, -0.05) is 12.1 Å². The van der Waals surface area contributed by atoms with Crippen LogP contribution >= 0.6 is 0 Å². The fourth-order valence-corrected chi connectivity index (χ4v) is 1.68. The molecule has 0 aliphatic carbocycles. The topological polar surface area (TPSA) is 47.0 Å². The second-order valence-electron chi connectivity index (χ2n) is 3.92. The predicted molar refractivity (Wildman–Crippen MR) is 63.6 cm³/mol. The molecule has 0 aliphatic rings. The van der Waals surface area contributed by atoms with Crippen LogP contribution in [0.1, 0.15) is 11.1 Å². The Morgan fingerprint density at radius 2 is 1.94 bits per heavy atom. The van der Waals surface area contributed by atoms with Gasteiger partial charge in [0.15, 0.2) is 18.9 Å². The van der Waals surface area contributed by atoms with E-state index in [4.69, 9.17) is 0 Å². The quantitative estimate of drug-likeness (QED) is 0.460. The molecule has 0 fully saturated rings. The molecule has 17 heavy (non-hydrogen) atoms. The first kappa shape index (κ1) is 11.3. The molecule has 0 unspecified atom stereocenters. The third-order valence-electron chi connectivity index (χ3n) is 2.67. The highest BCUT2D eigenvalue weighted by molar-refractivity contribution is 5.38. The Labute approximate surface area is 99.3 Å². The highest BCUT2D eigenvalue weighted by Gasteiger charge is 2.11. The summed E-state index contributed by atoms with van der Waals surface area (Å²) in [4.78, 5) is 10.4. The summed E-state index contributed by atoms with van der Waals surface area (Å²) in [6, 6.07) is 10.8. The molecule has 4 heteroatoms. The van der Waals surface area contributed by atoms with Crippen LogP contribution < -0.4 is 4.57 Å². The first-order valence-corrected chi connectivity index (χ1v) is 5.35. The maximum Gasteiger partial charge on any atom is 0.269 e. The van der Waals surface area contributed by atoms with E-state index in [9.17, 15) is 10.1 Å². The van der Waals surface area contributed by atoms with Crippen LogP contribution in [0, 0.1) is 17.0 Å². The molecule has 1 aromatic carbocycles. The van der Waals surface area contributed by atoms with E-state index in [-0.39, 0.29) is 10.6 Å². The van der Waals surface area contributed by atoms with Crippen LogP contribution in [0.15, 0.2) is 48.8 Å². The van der Waals surface area contributed by atoms with E-state index in [1.54, 1.807) is 12.1 Å². The van der Waals surface area contributed by atoms with Gasteiger partial charge in [0.05, 0.1) is 4.92 Å². The van der Waals surface area contributed by atoms with Crippen LogP contribution in [0.3, 0.4) is 0 Å². The molecule has 0 aliphatic heterocycles. The van der Waals surface area contributed by atoms with Crippen molar-refractivity contribution in [3.05, 3.63) is 70.0 Å². The largest absolute Gasteiger partial charge is 0.269 e. The van der Waals surface area contributed by atoms with Gasteiger partial charge in [-0.3, -0.25) is 10.1 Å². The summed E-state index contributed by atoms with van der Waals surface area (Å²) < 4.78 is 1.99. The highest BCUT2D eigenvalue weighted by atomic mass is 16.6. The van der Waals surface area contributed by atoms with E-state index >= 15 is 0 Å². The van der Waals surface area contributed by atoms with Gasteiger partial charge in [0.2, 0.25) is 0 Å². The average Bonchev–Trinajstić information content (AvgIpc) is 2.33. The highest BCUT2D eigenvalue weighted by Crippen LogP contribution is 2.16. The number of aromatic nitrogens is 1. The van der Waals surface area contributed by atoms with Crippen molar-refractivity contribution in [1.29, 1.82) is 0 Å². The minimum absolute atomic E-state index is 0.141. The molecule has 0 spiro atoms. The van der Waals surface area contributed by atoms with Crippen molar-refractivity contribution < 1.29 is 9.49 Å². The second kappa shape index (κ2) is 4.74. The Balaban J connectivity index is 2.32. The number of hydrogen-bond acceptors (Lipinski definition) is 2. The predicted octanol–water partition coefficient (Wildman–Crippen LogP) is 2.24. The minimum atomic E-state index is -0.362. The average molecular weight is 229 g/mol. The second-order valence-corrected chi connectivity index (χ2v) is 3.92. The number of nitro benzene ring substituents is 1. The molecule has 86 valence electrons. The number of nitro groups is 1. The molecule has 2 rings (SSSR count). The number of hydrogen-bond donors (Lipinski definition) is 0. The zero-order chi connectivity index (χ0) is 12.3. The fourth-order valence-electron chi connectivity index (χ4n) is 1.68. The van der Waals surface area contributed by atoms with Crippen LogP contribution in [0.5, 0.6) is 0 Å². The van der Waals surface area contributed by atoms with Gasteiger partial charge in [0.1, 0.15) is 0 Å². The number of aryl methyl sites for hydroxylation is 1. The van der Waals surface area contributed by atoms with E-state index in [2.05, 4.69) is 0 Å². The van der Waals surface area contributed by atoms with Crippen molar-refractivity contribution in [2.45, 2.75) is 13.5 Å². The number of nitrogens with zero attached hydrogens (tertiary/aromatic N) is 2. The first-order valence-electron chi connectivity index (χ1n) is 5.35. The number of rotatable bonds is 3. The van der Waals surface area contributed by atoms with Crippen molar-refractivity contribution in [3.63, 3.8) is 0 Å². The summed E-state index contributed by atoms with van der Waals surface area (Å²) in [7, 11) is 0. The molecule has 0 atom stereocenters. The van der Waals surface area contributed by atoms with Crippen LogP contribution in [0.25, 0.3) is 0 Å². The number of benzene rings is 1. The maximum atomic E-state index is 10.7. The summed E-state index contributed by atoms with van der Waals surface area (Å²) in [6.45, 7) is 2.61. The summed E-state index contributed by atoms with van der Waals surface area (Å²) >= 11 is 0. The molecule has 0 saturated heterocycles. The summed E-state index contributed by atoms with van der Waals surface area (Å²) in [5.41, 5.74) is 2.17. The smallest absolute Gasteiger partial charge is 0.258 e. The van der Waals surface area contributed by atoms with Gasteiger partial charge in [-0.15, -0.1) is 0 Å². The molecule has 2 aromatic rings. The Hall–Kier alpha value is -2.23. The van der Waals surface area contributed by atoms with Crippen molar-refractivity contribution in [2.75, 3.05) is 0 Å². The molecule has 0 amide bonds. The van der Waals surface area contributed by atoms with Crippen LogP contribution in [0.4, 0.5) is 5.69 Å². The Bertz CT molecular complexity index is 538. The lowest BCUT2D eigenvalue weighted by Crippen LogP contribution is -2.33. The van der Waals surface area contributed by atoms with Gasteiger partial charge in [0.25, 0.3) is 5.69 Å². The molecule has 0 bridgehead atoms. The Morgan fingerprint density at radius 1 is 1.24 bits per heavy atom.